The molecule has 4 nitrogen and oxygen atoms in total. The molecule has 0 bridgehead atoms. The fraction of sp³-hybridized carbons (Fsp3) is 0.188. The first kappa shape index (κ1) is 17.8. The Labute approximate surface area is 145 Å². The second-order valence-corrected chi connectivity index (χ2v) is 8.09. The highest BCUT2D eigenvalue weighted by Crippen LogP contribution is 2.22. The summed E-state index contributed by atoms with van der Waals surface area (Å²) in [6, 6.07) is 13.5. The lowest BCUT2D eigenvalue weighted by molar-refractivity contribution is -0.115. The molecule has 0 radical (unpaired) electrons. The minimum absolute atomic E-state index is 0.0793. The first-order valence-corrected chi connectivity index (χ1v) is 9.42. The molecule has 0 aliphatic carbocycles. The Hall–Kier alpha value is -1.56. The maximum atomic E-state index is 12.0. The molecule has 0 saturated carbocycles. The minimum atomic E-state index is -3.35. The Morgan fingerprint density at radius 3 is 2.22 bits per heavy atom. The first-order valence-electron chi connectivity index (χ1n) is 6.84. The van der Waals surface area contributed by atoms with Gasteiger partial charge in [-0.15, -0.1) is 0 Å². The van der Waals surface area contributed by atoms with Crippen molar-refractivity contribution in [2.75, 3.05) is 11.1 Å². The van der Waals surface area contributed by atoms with Gasteiger partial charge in [-0.05, 0) is 23.8 Å². The van der Waals surface area contributed by atoms with Crippen LogP contribution in [0.3, 0.4) is 0 Å². The first-order chi connectivity index (χ1) is 10.8. The van der Waals surface area contributed by atoms with E-state index in [1.165, 1.54) is 0 Å². The number of sulfone groups is 1. The summed E-state index contributed by atoms with van der Waals surface area (Å²) < 4.78 is 24.1. The lowest BCUT2D eigenvalue weighted by atomic mass is 10.2. The molecule has 0 atom stereocenters. The van der Waals surface area contributed by atoms with Crippen LogP contribution in [0.4, 0.5) is 5.69 Å². The van der Waals surface area contributed by atoms with Gasteiger partial charge in [-0.25, -0.2) is 8.42 Å². The molecule has 2 rings (SSSR count). The maximum absolute atomic E-state index is 12.0. The predicted molar refractivity (Wildman–Crippen MR) is 93.6 cm³/mol. The summed E-state index contributed by atoms with van der Waals surface area (Å²) in [5.41, 5.74) is 1.14. The molecule has 0 aromatic heterocycles. The Kier molecular flexibility index (Phi) is 6.04. The van der Waals surface area contributed by atoms with E-state index in [1.807, 2.05) is 6.07 Å². The fourth-order valence-electron chi connectivity index (χ4n) is 2.00. The molecule has 0 unspecified atom stereocenters. The van der Waals surface area contributed by atoms with E-state index in [0.717, 1.165) is 0 Å². The van der Waals surface area contributed by atoms with E-state index < -0.39 is 15.7 Å². The molecule has 2 aromatic rings. The third kappa shape index (κ3) is 6.22. The molecule has 0 aliphatic heterocycles. The van der Waals surface area contributed by atoms with Crippen LogP contribution in [0.1, 0.15) is 12.0 Å². The Morgan fingerprint density at radius 2 is 1.61 bits per heavy atom. The van der Waals surface area contributed by atoms with E-state index in [1.54, 1.807) is 42.5 Å². The van der Waals surface area contributed by atoms with Crippen LogP contribution in [0.5, 0.6) is 0 Å². The molecule has 7 heteroatoms. The highest BCUT2D eigenvalue weighted by molar-refractivity contribution is 7.90. The average Bonchev–Trinajstić information content (AvgIpc) is 2.45. The van der Waals surface area contributed by atoms with Gasteiger partial charge < -0.3 is 5.32 Å². The number of carbonyl (C=O) groups is 1. The van der Waals surface area contributed by atoms with Gasteiger partial charge in [0.1, 0.15) is 0 Å². The normalized spacial score (nSPS) is 11.2. The van der Waals surface area contributed by atoms with Crippen molar-refractivity contribution in [1.29, 1.82) is 0 Å². The van der Waals surface area contributed by atoms with Gasteiger partial charge in [-0.3, -0.25) is 4.79 Å². The van der Waals surface area contributed by atoms with Gasteiger partial charge in [-0.2, -0.15) is 0 Å². The fourth-order valence-corrected chi connectivity index (χ4v) is 3.87. The van der Waals surface area contributed by atoms with Crippen LogP contribution in [0.2, 0.25) is 10.0 Å². The molecule has 1 amide bonds. The summed E-state index contributed by atoms with van der Waals surface area (Å²) in [7, 11) is -3.35. The van der Waals surface area contributed by atoms with E-state index in [4.69, 9.17) is 23.2 Å². The zero-order chi connectivity index (χ0) is 16.9. The summed E-state index contributed by atoms with van der Waals surface area (Å²) >= 11 is 11.7. The van der Waals surface area contributed by atoms with Gasteiger partial charge in [-0.1, -0.05) is 53.5 Å². The number of rotatable bonds is 6. The van der Waals surface area contributed by atoms with Crippen molar-refractivity contribution in [3.8, 4) is 0 Å². The second-order valence-electron chi connectivity index (χ2n) is 5.03. The summed E-state index contributed by atoms with van der Waals surface area (Å²) in [4.78, 5) is 11.9. The van der Waals surface area contributed by atoms with Gasteiger partial charge in [0.05, 0.1) is 11.5 Å². The Morgan fingerprint density at radius 1 is 1.00 bits per heavy atom. The van der Waals surface area contributed by atoms with Crippen molar-refractivity contribution in [3.63, 3.8) is 0 Å². The van der Waals surface area contributed by atoms with Crippen LogP contribution in [-0.4, -0.2) is 20.1 Å². The summed E-state index contributed by atoms with van der Waals surface area (Å²) in [5.74, 6) is -0.702. The molecule has 0 fully saturated rings. The Bertz CT molecular complexity index is 772. The topological polar surface area (TPSA) is 63.2 Å². The number of benzene rings is 2. The predicted octanol–water partition coefficient (Wildman–Crippen LogP) is 3.94. The lowest BCUT2D eigenvalue weighted by Gasteiger charge is -2.07. The van der Waals surface area contributed by atoms with E-state index in [0.29, 0.717) is 21.3 Å². The molecule has 2 aromatic carbocycles. The van der Waals surface area contributed by atoms with Gasteiger partial charge >= 0.3 is 0 Å². The third-order valence-corrected chi connectivity index (χ3v) is 5.05. The number of nitrogens with one attached hydrogen (secondary N) is 1. The molecule has 0 heterocycles. The summed E-state index contributed by atoms with van der Waals surface area (Å²) in [5, 5.41) is 3.37. The van der Waals surface area contributed by atoms with Crippen LogP contribution >= 0.6 is 23.2 Å². The van der Waals surface area contributed by atoms with Crippen LogP contribution in [-0.2, 0) is 20.4 Å². The highest BCUT2D eigenvalue weighted by Gasteiger charge is 2.15. The van der Waals surface area contributed by atoms with Gasteiger partial charge in [0.15, 0.2) is 9.84 Å². The average molecular weight is 372 g/mol. The minimum Gasteiger partial charge on any atom is -0.326 e. The number of hydrogen-bond acceptors (Lipinski definition) is 3. The van der Waals surface area contributed by atoms with Crippen LogP contribution < -0.4 is 5.32 Å². The van der Waals surface area contributed by atoms with Crippen LogP contribution in [0, 0.1) is 0 Å². The van der Waals surface area contributed by atoms with E-state index in [-0.39, 0.29) is 17.9 Å². The zero-order valence-corrected chi connectivity index (χ0v) is 14.5. The van der Waals surface area contributed by atoms with Crippen molar-refractivity contribution in [3.05, 3.63) is 64.1 Å². The number of carbonyl (C=O) groups excluding carboxylic acids is 1. The molecular formula is C16H15Cl2NO3S. The van der Waals surface area contributed by atoms with Crippen LogP contribution in [0.15, 0.2) is 48.5 Å². The van der Waals surface area contributed by atoms with Crippen molar-refractivity contribution < 1.29 is 13.2 Å². The van der Waals surface area contributed by atoms with Crippen LogP contribution in [0.25, 0.3) is 0 Å². The SMILES string of the molecule is O=C(CCS(=O)(=O)Cc1ccccc1)Nc1cc(Cl)cc(Cl)c1. The lowest BCUT2D eigenvalue weighted by Crippen LogP contribution is -2.18. The maximum Gasteiger partial charge on any atom is 0.225 e. The van der Waals surface area contributed by atoms with Gasteiger partial charge in [0.2, 0.25) is 5.91 Å². The van der Waals surface area contributed by atoms with Crippen molar-refractivity contribution in [2.45, 2.75) is 12.2 Å². The zero-order valence-electron chi connectivity index (χ0n) is 12.1. The summed E-state index contributed by atoms with van der Waals surface area (Å²) in [6.07, 6.45) is -0.126. The largest absolute Gasteiger partial charge is 0.326 e. The number of anilines is 1. The van der Waals surface area contributed by atoms with E-state index in [2.05, 4.69) is 5.32 Å². The quantitative estimate of drug-likeness (QED) is 0.836. The second kappa shape index (κ2) is 7.81. The highest BCUT2D eigenvalue weighted by atomic mass is 35.5. The third-order valence-electron chi connectivity index (χ3n) is 3.02. The van der Waals surface area contributed by atoms with E-state index >= 15 is 0 Å². The smallest absolute Gasteiger partial charge is 0.225 e. The van der Waals surface area contributed by atoms with Gasteiger partial charge in [0, 0.05) is 22.2 Å². The van der Waals surface area contributed by atoms with Crippen molar-refractivity contribution in [1.82, 2.24) is 0 Å². The molecule has 0 aliphatic rings. The molecule has 122 valence electrons. The monoisotopic (exact) mass is 371 g/mol. The van der Waals surface area contributed by atoms with Crippen molar-refractivity contribution >= 4 is 44.6 Å². The van der Waals surface area contributed by atoms with Crippen molar-refractivity contribution in [2.24, 2.45) is 0 Å². The standard InChI is InChI=1S/C16H15Cl2NO3S/c17-13-8-14(18)10-15(9-13)19-16(20)6-7-23(21,22)11-12-4-2-1-3-5-12/h1-5,8-10H,6-7,11H2,(H,19,20). The molecule has 0 saturated heterocycles. The number of hydrogen-bond donors (Lipinski definition) is 1. The number of halogens is 2. The molecule has 0 spiro atoms. The molecule has 1 N–H and O–H groups in total. The Balaban J connectivity index is 1.90. The summed E-state index contributed by atoms with van der Waals surface area (Å²) in [6.45, 7) is 0. The molecule has 23 heavy (non-hydrogen) atoms. The molecular weight excluding hydrogens is 357 g/mol. The van der Waals surface area contributed by atoms with Gasteiger partial charge in [0.25, 0.3) is 0 Å². The number of amides is 1. The van der Waals surface area contributed by atoms with E-state index in [9.17, 15) is 13.2 Å².